The van der Waals surface area contributed by atoms with Crippen LogP contribution in [0.3, 0.4) is 0 Å². The average Bonchev–Trinajstić information content (AvgIpc) is 2.62. The summed E-state index contributed by atoms with van der Waals surface area (Å²) in [6.45, 7) is 0. The number of hydrogen-bond donors (Lipinski definition) is 4. The molecule has 0 fully saturated rings. The van der Waals surface area contributed by atoms with Crippen LogP contribution in [0.1, 0.15) is 10.5 Å². The van der Waals surface area contributed by atoms with Crippen LogP contribution in [-0.4, -0.2) is 21.8 Å². The Morgan fingerprint density at radius 2 is 2.07 bits per heavy atom. The summed E-state index contributed by atoms with van der Waals surface area (Å²) in [4.78, 5) is 33.2. The first-order chi connectivity index (χ1) is 7.00. The number of hydrogen-bond acceptors (Lipinski definition) is 4. The smallest absolute Gasteiger partial charge is 0.330 e. The highest BCUT2D eigenvalue weighted by Gasteiger charge is 2.14. The van der Waals surface area contributed by atoms with Crippen LogP contribution in [0.4, 0.5) is 10.6 Å². The molecule has 15 heavy (non-hydrogen) atoms. The molecule has 0 radical (unpaired) electrons. The number of nitrogens with one attached hydrogen (secondary N) is 3. The van der Waals surface area contributed by atoms with Crippen molar-refractivity contribution in [1.29, 1.82) is 0 Å². The van der Waals surface area contributed by atoms with E-state index in [1.165, 1.54) is 6.07 Å². The Labute approximate surface area is 82.8 Å². The summed E-state index contributed by atoms with van der Waals surface area (Å²) in [5.41, 5.74) is 8.39. The Kier molecular flexibility index (Phi) is 2.86. The zero-order valence-corrected chi connectivity index (χ0v) is 7.31. The maximum Gasteiger partial charge on any atom is 0.330 e. The van der Waals surface area contributed by atoms with Gasteiger partial charge in [-0.1, -0.05) is 0 Å². The van der Waals surface area contributed by atoms with Crippen LogP contribution in [0.15, 0.2) is 12.1 Å². The molecule has 0 saturated heterocycles. The first-order valence-corrected chi connectivity index (χ1v) is 3.70. The second-order valence-corrected chi connectivity index (χ2v) is 2.46. The van der Waals surface area contributed by atoms with Crippen molar-refractivity contribution in [3.63, 3.8) is 0 Å². The summed E-state index contributed by atoms with van der Waals surface area (Å²) in [5.74, 6) is -1.05. The number of carbonyl (C=O) groups is 2. The van der Waals surface area contributed by atoms with E-state index in [-0.39, 0.29) is 11.5 Å². The van der Waals surface area contributed by atoms with Crippen LogP contribution < -0.4 is 16.6 Å². The summed E-state index contributed by atoms with van der Waals surface area (Å²) >= 11 is 0. The molecule has 5 N–H and O–H groups in total. The maximum atomic E-state index is 11.1. The van der Waals surface area contributed by atoms with Gasteiger partial charge in [0.2, 0.25) is 0 Å². The number of nitrogens with zero attached hydrogens (tertiary/aromatic N) is 1. The standard InChI is InChI=1S/C6H7N5O4/c7-6(13)10-9-5(12)3-1-2-4(8-3)11(14)15/h1-2,8H,(H,9,12)(H3,7,10,13). The molecule has 0 saturated carbocycles. The SMILES string of the molecule is NC(=O)NNC(=O)c1ccc([N+](=O)[O-])[nH]1. The molecule has 3 amide bonds. The van der Waals surface area contributed by atoms with E-state index < -0.39 is 16.9 Å². The zero-order chi connectivity index (χ0) is 11.4. The third-order valence-electron chi connectivity index (χ3n) is 1.41. The van der Waals surface area contributed by atoms with E-state index in [2.05, 4.69) is 10.7 Å². The van der Waals surface area contributed by atoms with Gasteiger partial charge in [-0.3, -0.25) is 10.2 Å². The van der Waals surface area contributed by atoms with E-state index in [0.717, 1.165) is 6.07 Å². The Morgan fingerprint density at radius 1 is 1.40 bits per heavy atom. The molecular weight excluding hydrogens is 206 g/mol. The summed E-state index contributed by atoms with van der Waals surface area (Å²) in [6.07, 6.45) is 0. The lowest BCUT2D eigenvalue weighted by Gasteiger charge is -2.00. The monoisotopic (exact) mass is 213 g/mol. The van der Waals surface area contributed by atoms with Gasteiger partial charge in [-0.2, -0.15) is 0 Å². The first-order valence-electron chi connectivity index (χ1n) is 3.70. The number of amides is 3. The van der Waals surface area contributed by atoms with Crippen LogP contribution in [0.25, 0.3) is 0 Å². The fraction of sp³-hybridized carbons (Fsp3) is 0. The lowest BCUT2D eigenvalue weighted by molar-refractivity contribution is -0.389. The molecule has 0 atom stereocenters. The lowest BCUT2D eigenvalue weighted by Crippen LogP contribution is -2.44. The molecular formula is C6H7N5O4. The van der Waals surface area contributed by atoms with Gasteiger partial charge in [0, 0.05) is 6.07 Å². The van der Waals surface area contributed by atoms with Gasteiger partial charge in [0.25, 0.3) is 0 Å². The normalized spacial score (nSPS) is 9.33. The molecule has 1 aromatic heterocycles. The zero-order valence-electron chi connectivity index (χ0n) is 7.31. The molecule has 0 spiro atoms. The molecule has 0 aliphatic rings. The number of primary amides is 1. The molecule has 1 rings (SSSR count). The molecule has 0 unspecified atom stereocenters. The predicted octanol–water partition coefficient (Wildman–Crippen LogP) is -0.764. The summed E-state index contributed by atoms with van der Waals surface area (Å²) < 4.78 is 0. The van der Waals surface area contributed by atoms with Gasteiger partial charge in [-0.25, -0.2) is 15.2 Å². The molecule has 1 heterocycles. The van der Waals surface area contributed by atoms with Gasteiger partial charge in [0.05, 0.1) is 0 Å². The van der Waals surface area contributed by atoms with E-state index in [4.69, 9.17) is 0 Å². The Hall–Kier alpha value is -2.58. The van der Waals surface area contributed by atoms with E-state index in [9.17, 15) is 19.7 Å². The molecule has 1 aromatic rings. The van der Waals surface area contributed by atoms with Gasteiger partial charge < -0.3 is 15.8 Å². The molecule has 0 aliphatic heterocycles. The highest BCUT2D eigenvalue weighted by atomic mass is 16.6. The minimum Gasteiger partial charge on any atom is -0.358 e. The topological polar surface area (TPSA) is 143 Å². The van der Waals surface area contributed by atoms with Crippen LogP contribution >= 0.6 is 0 Å². The number of H-pyrrole nitrogens is 1. The van der Waals surface area contributed by atoms with Crippen molar-refractivity contribution in [2.45, 2.75) is 0 Å². The maximum absolute atomic E-state index is 11.1. The Balaban J connectivity index is 2.66. The van der Waals surface area contributed by atoms with Crippen LogP contribution in [-0.2, 0) is 0 Å². The summed E-state index contributed by atoms with van der Waals surface area (Å²) in [6, 6.07) is 1.39. The van der Waals surface area contributed by atoms with Crippen molar-refractivity contribution in [2.24, 2.45) is 5.73 Å². The van der Waals surface area contributed by atoms with Crippen molar-refractivity contribution in [2.75, 3.05) is 0 Å². The highest BCUT2D eigenvalue weighted by molar-refractivity contribution is 5.93. The van der Waals surface area contributed by atoms with Crippen LogP contribution in [0.5, 0.6) is 0 Å². The number of aromatic amines is 1. The van der Waals surface area contributed by atoms with E-state index in [1.807, 2.05) is 10.9 Å². The third kappa shape index (κ3) is 2.69. The lowest BCUT2D eigenvalue weighted by atomic mass is 10.4. The second-order valence-electron chi connectivity index (χ2n) is 2.46. The van der Waals surface area contributed by atoms with E-state index in [0.29, 0.717) is 0 Å². The van der Waals surface area contributed by atoms with Gasteiger partial charge in [-0.15, -0.1) is 0 Å². The summed E-state index contributed by atoms with van der Waals surface area (Å²) in [7, 11) is 0. The van der Waals surface area contributed by atoms with Crippen molar-refractivity contribution in [3.8, 4) is 0 Å². The minimum atomic E-state index is -0.940. The van der Waals surface area contributed by atoms with Gasteiger partial charge in [-0.05, 0) is 11.0 Å². The van der Waals surface area contributed by atoms with Crippen LogP contribution in [0.2, 0.25) is 0 Å². The Bertz CT molecular complexity index is 411. The van der Waals surface area contributed by atoms with E-state index in [1.54, 1.807) is 0 Å². The fourth-order valence-corrected chi connectivity index (χ4v) is 0.808. The highest BCUT2D eigenvalue weighted by Crippen LogP contribution is 2.09. The quantitative estimate of drug-likeness (QED) is 0.378. The molecule has 9 heteroatoms. The number of rotatable bonds is 2. The minimum absolute atomic E-state index is 0.0598. The average molecular weight is 213 g/mol. The largest absolute Gasteiger partial charge is 0.358 e. The van der Waals surface area contributed by atoms with Gasteiger partial charge in [0.1, 0.15) is 0 Å². The predicted molar refractivity (Wildman–Crippen MR) is 47.6 cm³/mol. The Morgan fingerprint density at radius 3 is 2.53 bits per heavy atom. The number of nitro groups is 1. The number of urea groups is 1. The summed E-state index contributed by atoms with van der Waals surface area (Å²) in [5, 5.41) is 10.3. The second kappa shape index (κ2) is 4.09. The molecule has 0 bridgehead atoms. The fourth-order valence-electron chi connectivity index (χ4n) is 0.808. The number of aromatic nitrogens is 1. The van der Waals surface area contributed by atoms with Crippen molar-refractivity contribution in [3.05, 3.63) is 27.9 Å². The number of hydrazine groups is 1. The van der Waals surface area contributed by atoms with Gasteiger partial charge >= 0.3 is 17.8 Å². The number of nitrogens with two attached hydrogens (primary N) is 1. The van der Waals surface area contributed by atoms with Gasteiger partial charge in [0.15, 0.2) is 5.69 Å². The van der Waals surface area contributed by atoms with Crippen LogP contribution in [0, 0.1) is 10.1 Å². The van der Waals surface area contributed by atoms with Crippen molar-refractivity contribution >= 4 is 17.8 Å². The van der Waals surface area contributed by atoms with Crippen molar-refractivity contribution in [1.82, 2.24) is 15.8 Å². The van der Waals surface area contributed by atoms with E-state index >= 15 is 0 Å². The number of carbonyl (C=O) groups excluding carboxylic acids is 2. The van der Waals surface area contributed by atoms with Crippen molar-refractivity contribution < 1.29 is 14.5 Å². The molecule has 0 aliphatic carbocycles. The first kappa shape index (κ1) is 10.5. The molecule has 9 nitrogen and oxygen atoms in total. The molecule has 80 valence electrons. The molecule has 0 aromatic carbocycles. The third-order valence-corrected chi connectivity index (χ3v) is 1.41.